The second-order valence-electron chi connectivity index (χ2n) is 3.92. The summed E-state index contributed by atoms with van der Waals surface area (Å²) in [7, 11) is 0. The topological polar surface area (TPSA) is 38.0 Å². The van der Waals surface area contributed by atoms with Gasteiger partial charge in [0.05, 0.1) is 0 Å². The van der Waals surface area contributed by atoms with Crippen LogP contribution in [0.1, 0.15) is 29.6 Å². The fourth-order valence-corrected chi connectivity index (χ4v) is 2.18. The Morgan fingerprint density at radius 2 is 2.13 bits per heavy atom. The molecule has 0 aromatic heterocycles. The largest absolute Gasteiger partial charge is 0.324 e. The highest BCUT2D eigenvalue weighted by Gasteiger charge is 2.27. The zero-order chi connectivity index (χ0) is 10.8. The second kappa shape index (κ2) is 4.35. The lowest BCUT2D eigenvalue weighted by Crippen LogP contribution is -2.21. The van der Waals surface area contributed by atoms with Gasteiger partial charge in [-0.25, -0.2) is 0 Å². The molecule has 80 valence electrons. The monoisotopic (exact) mass is 222 g/mol. The van der Waals surface area contributed by atoms with Crippen molar-refractivity contribution in [2.24, 2.45) is 5.73 Å². The van der Waals surface area contributed by atoms with E-state index in [9.17, 15) is 0 Å². The quantitative estimate of drug-likeness (QED) is 0.825. The molecule has 0 saturated heterocycles. The van der Waals surface area contributed by atoms with Gasteiger partial charge in [-0.15, -0.1) is 0 Å². The predicted octanol–water partition coefficient (Wildman–Crippen LogP) is 2.47. The summed E-state index contributed by atoms with van der Waals surface area (Å²) in [6.45, 7) is 4.29. The zero-order valence-electron chi connectivity index (χ0n) is 8.54. The molecule has 0 bridgehead atoms. The van der Waals surface area contributed by atoms with Crippen molar-refractivity contribution in [2.75, 3.05) is 6.54 Å². The van der Waals surface area contributed by atoms with Crippen LogP contribution in [0, 0.1) is 0 Å². The first kappa shape index (κ1) is 10.7. The third-order valence-electron chi connectivity index (χ3n) is 2.80. The van der Waals surface area contributed by atoms with Crippen LogP contribution in [0.4, 0.5) is 0 Å². The van der Waals surface area contributed by atoms with Gasteiger partial charge in [0.25, 0.3) is 0 Å². The molecule has 2 rings (SSSR count). The average molecular weight is 223 g/mol. The van der Waals surface area contributed by atoms with Crippen molar-refractivity contribution in [3.05, 3.63) is 47.0 Å². The van der Waals surface area contributed by atoms with Gasteiger partial charge >= 0.3 is 0 Å². The minimum atomic E-state index is 0.141. The molecule has 3 heteroatoms. The van der Waals surface area contributed by atoms with E-state index < -0.39 is 0 Å². The molecule has 0 amide bonds. The smallest absolute Gasteiger partial charge is 0.0344 e. The molecular formula is C12H15ClN2. The molecule has 2 nitrogen and oxygen atoms in total. The highest BCUT2D eigenvalue weighted by molar-refractivity contribution is 6.29. The maximum atomic E-state index is 6.05. The fraction of sp³-hybridized carbons (Fsp3) is 0.333. The molecule has 0 radical (unpaired) electrons. The zero-order valence-corrected chi connectivity index (χ0v) is 9.30. The Morgan fingerprint density at radius 1 is 1.47 bits per heavy atom. The van der Waals surface area contributed by atoms with Gasteiger partial charge in [-0.3, -0.25) is 0 Å². The van der Waals surface area contributed by atoms with Crippen molar-refractivity contribution in [1.29, 1.82) is 0 Å². The minimum Gasteiger partial charge on any atom is -0.324 e. The van der Waals surface area contributed by atoms with Crippen LogP contribution in [-0.2, 0) is 0 Å². The first-order valence-corrected chi connectivity index (χ1v) is 5.47. The number of halogens is 1. The lowest BCUT2D eigenvalue weighted by molar-refractivity contribution is 0.522. The van der Waals surface area contributed by atoms with Gasteiger partial charge < -0.3 is 11.1 Å². The van der Waals surface area contributed by atoms with Crippen LogP contribution in [-0.4, -0.2) is 6.54 Å². The van der Waals surface area contributed by atoms with Gasteiger partial charge in [-0.05, 0) is 17.5 Å². The van der Waals surface area contributed by atoms with Crippen LogP contribution < -0.4 is 11.1 Å². The molecular weight excluding hydrogens is 208 g/mol. The van der Waals surface area contributed by atoms with Crippen LogP contribution in [0.15, 0.2) is 35.9 Å². The molecule has 1 aromatic carbocycles. The highest BCUT2D eigenvalue weighted by atomic mass is 35.5. The van der Waals surface area contributed by atoms with E-state index in [1.165, 1.54) is 11.1 Å². The van der Waals surface area contributed by atoms with Crippen LogP contribution in [0.2, 0.25) is 0 Å². The molecule has 1 aromatic rings. The number of hydrogen-bond acceptors (Lipinski definition) is 2. The van der Waals surface area contributed by atoms with E-state index in [2.05, 4.69) is 24.0 Å². The number of nitrogens with two attached hydrogens (primary N) is 1. The SMILES string of the molecule is C=C(Cl)CNC1CC(N)c2ccccc21. The van der Waals surface area contributed by atoms with Gasteiger partial charge in [-0.1, -0.05) is 42.4 Å². The van der Waals surface area contributed by atoms with E-state index in [4.69, 9.17) is 17.3 Å². The Kier molecular flexibility index (Phi) is 3.10. The van der Waals surface area contributed by atoms with Crippen molar-refractivity contribution in [3.63, 3.8) is 0 Å². The van der Waals surface area contributed by atoms with Gasteiger partial charge in [0, 0.05) is 23.7 Å². The molecule has 1 aliphatic rings. The first-order chi connectivity index (χ1) is 7.18. The number of benzene rings is 1. The summed E-state index contributed by atoms with van der Waals surface area (Å²) in [5, 5.41) is 3.99. The van der Waals surface area contributed by atoms with E-state index in [1.807, 2.05) is 12.1 Å². The van der Waals surface area contributed by atoms with Crippen molar-refractivity contribution in [2.45, 2.75) is 18.5 Å². The number of rotatable bonds is 3. The van der Waals surface area contributed by atoms with Crippen molar-refractivity contribution in [3.8, 4) is 0 Å². The molecule has 3 N–H and O–H groups in total. The Bertz CT molecular complexity index is 376. The number of fused-ring (bicyclic) bond motifs is 1. The van der Waals surface area contributed by atoms with E-state index >= 15 is 0 Å². The third-order valence-corrected chi connectivity index (χ3v) is 2.93. The first-order valence-electron chi connectivity index (χ1n) is 5.09. The van der Waals surface area contributed by atoms with Crippen molar-refractivity contribution < 1.29 is 0 Å². The minimum absolute atomic E-state index is 0.141. The number of nitrogens with one attached hydrogen (secondary N) is 1. The normalized spacial score (nSPS) is 23.9. The summed E-state index contributed by atoms with van der Waals surface area (Å²) in [4.78, 5) is 0. The van der Waals surface area contributed by atoms with Gasteiger partial charge in [0.2, 0.25) is 0 Å². The highest BCUT2D eigenvalue weighted by Crippen LogP contribution is 2.36. The molecule has 0 heterocycles. The van der Waals surface area contributed by atoms with Gasteiger partial charge in [-0.2, -0.15) is 0 Å². The average Bonchev–Trinajstić information content (AvgIpc) is 2.54. The van der Waals surface area contributed by atoms with E-state index in [1.54, 1.807) is 0 Å². The summed E-state index contributed by atoms with van der Waals surface area (Å²) >= 11 is 5.73. The predicted molar refractivity (Wildman–Crippen MR) is 63.7 cm³/mol. The molecule has 0 fully saturated rings. The summed E-state index contributed by atoms with van der Waals surface area (Å²) < 4.78 is 0. The van der Waals surface area contributed by atoms with E-state index in [-0.39, 0.29) is 6.04 Å². The molecule has 15 heavy (non-hydrogen) atoms. The maximum Gasteiger partial charge on any atom is 0.0344 e. The molecule has 0 aliphatic heterocycles. The van der Waals surface area contributed by atoms with Crippen LogP contribution in [0.25, 0.3) is 0 Å². The molecule has 2 unspecified atom stereocenters. The lowest BCUT2D eigenvalue weighted by Gasteiger charge is -2.12. The van der Waals surface area contributed by atoms with Crippen LogP contribution >= 0.6 is 11.6 Å². The maximum absolute atomic E-state index is 6.05. The van der Waals surface area contributed by atoms with Crippen LogP contribution in [0.5, 0.6) is 0 Å². The van der Waals surface area contributed by atoms with Gasteiger partial charge in [0.15, 0.2) is 0 Å². The Labute approximate surface area is 95.1 Å². The third kappa shape index (κ3) is 2.23. The Morgan fingerprint density at radius 3 is 2.80 bits per heavy atom. The van der Waals surface area contributed by atoms with E-state index in [0.29, 0.717) is 17.6 Å². The Balaban J connectivity index is 2.14. The lowest BCUT2D eigenvalue weighted by atomic mass is 10.1. The molecule has 0 saturated carbocycles. The van der Waals surface area contributed by atoms with E-state index in [0.717, 1.165) is 6.42 Å². The molecule has 0 spiro atoms. The van der Waals surface area contributed by atoms with Crippen molar-refractivity contribution in [1.82, 2.24) is 5.32 Å². The van der Waals surface area contributed by atoms with Crippen molar-refractivity contribution >= 4 is 11.6 Å². The summed E-state index contributed by atoms with van der Waals surface area (Å²) in [5.41, 5.74) is 8.59. The second-order valence-corrected chi connectivity index (χ2v) is 4.46. The summed E-state index contributed by atoms with van der Waals surface area (Å²) in [6, 6.07) is 8.74. The standard InChI is InChI=1S/C12H15ClN2/c1-8(13)7-15-12-6-11(14)9-4-2-3-5-10(9)12/h2-5,11-12,15H,1,6-7,14H2. The Hall–Kier alpha value is -0.830. The molecule has 1 aliphatic carbocycles. The summed E-state index contributed by atoms with van der Waals surface area (Å²) in [5.74, 6) is 0. The van der Waals surface area contributed by atoms with Gasteiger partial charge in [0.1, 0.15) is 0 Å². The fourth-order valence-electron chi connectivity index (χ4n) is 2.10. The molecule has 2 atom stereocenters. The number of hydrogen-bond donors (Lipinski definition) is 2. The summed E-state index contributed by atoms with van der Waals surface area (Å²) in [6.07, 6.45) is 0.934. The van der Waals surface area contributed by atoms with Crippen LogP contribution in [0.3, 0.4) is 0 Å².